The van der Waals surface area contributed by atoms with Gasteiger partial charge in [0.2, 0.25) is 0 Å². The van der Waals surface area contributed by atoms with Gasteiger partial charge in [-0.25, -0.2) is 0 Å². The molecule has 0 saturated heterocycles. The van der Waals surface area contributed by atoms with Crippen molar-refractivity contribution in [3.05, 3.63) is 23.0 Å². The van der Waals surface area contributed by atoms with Crippen molar-refractivity contribution < 1.29 is 9.84 Å². The molecule has 1 heterocycles. The lowest BCUT2D eigenvalue weighted by atomic mass is 9.87. The predicted octanol–water partition coefficient (Wildman–Crippen LogP) is 2.52. The Morgan fingerprint density at radius 3 is 2.88 bits per heavy atom. The molecule has 1 aromatic rings. The smallest absolute Gasteiger partial charge is 0.0807 e. The van der Waals surface area contributed by atoms with Gasteiger partial charge in [0.05, 0.1) is 12.2 Å². The first-order valence-corrected chi connectivity index (χ1v) is 6.62. The first-order chi connectivity index (χ1) is 8.20. The molecular weight excluding hydrogens is 214 g/mol. The van der Waals surface area contributed by atoms with Crippen molar-refractivity contribution in [3.8, 4) is 0 Å². The highest BCUT2D eigenvalue weighted by Crippen LogP contribution is 2.40. The number of aliphatic hydroxyl groups excluding tert-OH is 1. The zero-order chi connectivity index (χ0) is 12.0. The second kappa shape index (κ2) is 4.14. The van der Waals surface area contributed by atoms with Crippen molar-refractivity contribution in [3.63, 3.8) is 0 Å². The van der Waals surface area contributed by atoms with Gasteiger partial charge in [-0.1, -0.05) is 0 Å². The van der Waals surface area contributed by atoms with Crippen LogP contribution in [0.1, 0.15) is 54.8 Å². The lowest BCUT2D eigenvalue weighted by Gasteiger charge is -2.38. The predicted molar refractivity (Wildman–Crippen MR) is 66.1 cm³/mol. The summed E-state index contributed by atoms with van der Waals surface area (Å²) in [6.07, 6.45) is 5.58. The van der Waals surface area contributed by atoms with Gasteiger partial charge in [-0.3, -0.25) is 0 Å². The zero-order valence-electron chi connectivity index (χ0n) is 10.6. The van der Waals surface area contributed by atoms with Crippen LogP contribution < -0.4 is 0 Å². The number of aryl methyl sites for hydroxylation is 1. The van der Waals surface area contributed by atoms with Gasteiger partial charge < -0.3 is 14.4 Å². The molecule has 0 aliphatic heterocycles. The van der Waals surface area contributed by atoms with Crippen LogP contribution in [0.2, 0.25) is 0 Å². The first-order valence-electron chi connectivity index (χ1n) is 6.62. The van der Waals surface area contributed by atoms with Crippen molar-refractivity contribution in [1.82, 2.24) is 4.57 Å². The number of aromatic nitrogens is 1. The molecule has 1 unspecified atom stereocenters. The highest BCUT2D eigenvalue weighted by atomic mass is 16.5. The minimum Gasteiger partial charge on any atom is -0.388 e. The van der Waals surface area contributed by atoms with Crippen LogP contribution in [-0.2, 0) is 11.2 Å². The minimum absolute atomic E-state index is 0.239. The molecule has 1 N–H and O–H groups in total. The SMILES string of the molecule is COC1CC(n2c(C)cc3c2CCCC3O)C1. The number of hydrogen-bond donors (Lipinski definition) is 1. The molecule has 94 valence electrons. The zero-order valence-corrected chi connectivity index (χ0v) is 10.6. The Kier molecular flexibility index (Phi) is 2.75. The Morgan fingerprint density at radius 2 is 2.18 bits per heavy atom. The number of aliphatic hydroxyl groups is 1. The molecule has 0 amide bonds. The van der Waals surface area contributed by atoms with Gasteiger partial charge >= 0.3 is 0 Å². The molecule has 0 spiro atoms. The Morgan fingerprint density at radius 1 is 1.41 bits per heavy atom. The maximum atomic E-state index is 10.0. The molecule has 3 nitrogen and oxygen atoms in total. The summed E-state index contributed by atoms with van der Waals surface area (Å²) >= 11 is 0. The molecule has 0 aromatic carbocycles. The second-order valence-electron chi connectivity index (χ2n) is 5.45. The molecule has 1 fully saturated rings. The maximum absolute atomic E-state index is 10.0. The van der Waals surface area contributed by atoms with Crippen molar-refractivity contribution in [2.75, 3.05) is 7.11 Å². The molecule has 2 aliphatic rings. The average Bonchev–Trinajstić information content (AvgIpc) is 2.57. The Bertz CT molecular complexity index is 418. The summed E-state index contributed by atoms with van der Waals surface area (Å²) in [4.78, 5) is 0. The van der Waals surface area contributed by atoms with Crippen LogP contribution in [0.15, 0.2) is 6.07 Å². The molecular formula is C14H21NO2. The van der Waals surface area contributed by atoms with E-state index in [0.717, 1.165) is 32.1 Å². The fourth-order valence-electron chi connectivity index (χ4n) is 3.35. The van der Waals surface area contributed by atoms with Gasteiger partial charge in [-0.15, -0.1) is 0 Å². The van der Waals surface area contributed by atoms with E-state index in [1.54, 1.807) is 7.11 Å². The van der Waals surface area contributed by atoms with Crippen molar-refractivity contribution >= 4 is 0 Å². The summed E-state index contributed by atoms with van der Waals surface area (Å²) in [5, 5.41) is 10.0. The molecule has 0 radical (unpaired) electrons. The Balaban J connectivity index is 1.90. The largest absolute Gasteiger partial charge is 0.388 e. The fraction of sp³-hybridized carbons (Fsp3) is 0.714. The summed E-state index contributed by atoms with van der Waals surface area (Å²) in [6, 6.07) is 2.77. The molecule has 1 aromatic heterocycles. The van der Waals surface area contributed by atoms with Crippen LogP contribution in [-0.4, -0.2) is 22.9 Å². The van der Waals surface area contributed by atoms with Crippen molar-refractivity contribution in [2.45, 2.75) is 57.3 Å². The standard InChI is InChI=1S/C14H21NO2/c1-9-6-12-13(4-3-5-14(12)16)15(9)10-7-11(8-10)17-2/h6,10-11,14,16H,3-5,7-8H2,1-2H3. The van der Waals surface area contributed by atoms with Gasteiger partial charge in [0.25, 0.3) is 0 Å². The van der Waals surface area contributed by atoms with Gasteiger partial charge in [0, 0.05) is 30.1 Å². The van der Waals surface area contributed by atoms with Gasteiger partial charge in [0.1, 0.15) is 0 Å². The summed E-state index contributed by atoms with van der Waals surface area (Å²) < 4.78 is 7.81. The average molecular weight is 235 g/mol. The summed E-state index contributed by atoms with van der Waals surface area (Å²) in [7, 11) is 1.79. The highest BCUT2D eigenvalue weighted by Gasteiger charge is 2.34. The highest BCUT2D eigenvalue weighted by molar-refractivity contribution is 5.32. The molecule has 1 saturated carbocycles. The van der Waals surface area contributed by atoms with Gasteiger partial charge in [-0.2, -0.15) is 0 Å². The monoisotopic (exact) mass is 235 g/mol. The van der Waals surface area contributed by atoms with E-state index in [-0.39, 0.29) is 6.10 Å². The van der Waals surface area contributed by atoms with Crippen LogP contribution in [0.4, 0.5) is 0 Å². The normalized spacial score (nSPS) is 32.1. The lowest BCUT2D eigenvalue weighted by Crippen LogP contribution is -2.34. The van der Waals surface area contributed by atoms with Crippen molar-refractivity contribution in [1.29, 1.82) is 0 Å². The summed E-state index contributed by atoms with van der Waals surface area (Å²) in [6.45, 7) is 2.16. The van der Waals surface area contributed by atoms with Crippen LogP contribution in [0.3, 0.4) is 0 Å². The molecule has 1 atom stereocenters. The van der Waals surface area contributed by atoms with E-state index in [2.05, 4.69) is 17.6 Å². The van der Waals surface area contributed by atoms with Crippen LogP contribution in [0.25, 0.3) is 0 Å². The maximum Gasteiger partial charge on any atom is 0.0807 e. The third kappa shape index (κ3) is 1.72. The van der Waals surface area contributed by atoms with E-state index in [1.807, 2.05) is 0 Å². The molecule has 2 aliphatic carbocycles. The van der Waals surface area contributed by atoms with E-state index < -0.39 is 0 Å². The van der Waals surface area contributed by atoms with E-state index in [0.29, 0.717) is 12.1 Å². The van der Waals surface area contributed by atoms with Crippen LogP contribution in [0.5, 0.6) is 0 Å². The fourth-order valence-corrected chi connectivity index (χ4v) is 3.35. The molecule has 17 heavy (non-hydrogen) atoms. The quantitative estimate of drug-likeness (QED) is 0.854. The number of hydrogen-bond acceptors (Lipinski definition) is 2. The van der Waals surface area contributed by atoms with Crippen molar-refractivity contribution in [2.24, 2.45) is 0 Å². The summed E-state index contributed by atoms with van der Waals surface area (Å²) in [5.74, 6) is 0. The lowest BCUT2D eigenvalue weighted by molar-refractivity contribution is 0.00467. The Labute approximate surface area is 102 Å². The number of methoxy groups -OCH3 is 1. The Hall–Kier alpha value is -0.800. The first kappa shape index (κ1) is 11.3. The second-order valence-corrected chi connectivity index (χ2v) is 5.45. The van der Waals surface area contributed by atoms with Crippen LogP contribution in [0, 0.1) is 6.92 Å². The third-order valence-electron chi connectivity index (χ3n) is 4.39. The topological polar surface area (TPSA) is 34.4 Å². The molecule has 0 bridgehead atoms. The number of rotatable bonds is 2. The number of nitrogens with zero attached hydrogens (tertiary/aromatic N) is 1. The van der Waals surface area contributed by atoms with E-state index in [4.69, 9.17) is 4.74 Å². The van der Waals surface area contributed by atoms with Crippen LogP contribution >= 0.6 is 0 Å². The number of ether oxygens (including phenoxy) is 1. The van der Waals surface area contributed by atoms with Gasteiger partial charge in [-0.05, 0) is 45.1 Å². The number of fused-ring (bicyclic) bond motifs is 1. The summed E-state index contributed by atoms with van der Waals surface area (Å²) in [5.41, 5.74) is 3.85. The van der Waals surface area contributed by atoms with E-state index >= 15 is 0 Å². The molecule has 3 rings (SSSR count). The molecule has 3 heteroatoms. The van der Waals surface area contributed by atoms with E-state index in [1.165, 1.54) is 17.0 Å². The van der Waals surface area contributed by atoms with Gasteiger partial charge in [0.15, 0.2) is 0 Å². The van der Waals surface area contributed by atoms with E-state index in [9.17, 15) is 5.11 Å². The third-order valence-corrected chi connectivity index (χ3v) is 4.39. The minimum atomic E-state index is -0.239.